The third kappa shape index (κ3) is 4.07. The maximum Gasteiger partial charge on any atom is 0.234 e. The third-order valence-corrected chi connectivity index (χ3v) is 5.11. The average molecular weight is 357 g/mol. The van der Waals surface area contributed by atoms with Crippen LogP contribution in [-0.2, 0) is 11.3 Å². The number of aromatic nitrogens is 1. The highest BCUT2D eigenvalue weighted by Gasteiger charge is 2.27. The van der Waals surface area contributed by atoms with Gasteiger partial charge in [0.25, 0.3) is 0 Å². The fourth-order valence-electron chi connectivity index (χ4n) is 3.14. The number of amides is 1. The van der Waals surface area contributed by atoms with Crippen LogP contribution < -0.4 is 5.32 Å². The Balaban J connectivity index is 1.69. The topological polar surface area (TPSA) is 67.5 Å². The lowest BCUT2D eigenvalue weighted by Crippen LogP contribution is -2.43. The van der Waals surface area contributed by atoms with Gasteiger partial charge in [0.1, 0.15) is 5.76 Å². The van der Waals surface area contributed by atoms with Crippen molar-refractivity contribution < 1.29 is 14.0 Å². The first-order valence-corrected chi connectivity index (χ1v) is 9.09. The summed E-state index contributed by atoms with van der Waals surface area (Å²) in [7, 11) is 1.82. The average Bonchev–Trinajstić information content (AvgIpc) is 3.16. The van der Waals surface area contributed by atoms with Crippen molar-refractivity contribution in [2.45, 2.75) is 52.2 Å². The molecule has 6 heteroatoms. The normalized spacial score (nSPS) is 15.3. The quantitative estimate of drug-likeness (QED) is 0.737. The largest absolute Gasteiger partial charge is 0.467 e. The maximum absolute atomic E-state index is 13.0. The Morgan fingerprint density at radius 2 is 2.12 bits per heavy atom. The Kier molecular flexibility index (Phi) is 5.32. The zero-order valence-corrected chi connectivity index (χ0v) is 15.9. The van der Waals surface area contributed by atoms with Gasteiger partial charge in [-0.25, -0.2) is 0 Å². The van der Waals surface area contributed by atoms with Crippen LogP contribution in [0.5, 0.6) is 0 Å². The van der Waals surface area contributed by atoms with Crippen molar-refractivity contribution in [3.63, 3.8) is 0 Å². The summed E-state index contributed by atoms with van der Waals surface area (Å²) in [5.41, 5.74) is 2.64. The van der Waals surface area contributed by atoms with Crippen LogP contribution in [0, 0.1) is 13.8 Å². The summed E-state index contributed by atoms with van der Waals surface area (Å²) in [6, 6.07) is 5.68. The highest BCUT2D eigenvalue weighted by molar-refractivity contribution is 6.01. The molecule has 1 saturated carbocycles. The van der Waals surface area contributed by atoms with E-state index in [9.17, 15) is 9.59 Å². The van der Waals surface area contributed by atoms with E-state index in [1.807, 2.05) is 46.0 Å². The second-order valence-corrected chi connectivity index (χ2v) is 7.25. The van der Waals surface area contributed by atoms with Crippen molar-refractivity contribution in [2.24, 2.45) is 0 Å². The lowest BCUT2D eigenvalue weighted by Gasteiger charge is -2.23. The number of hydrogen-bond donors (Lipinski definition) is 1. The molecule has 1 amide bonds. The Hall–Kier alpha value is -2.34. The van der Waals surface area contributed by atoms with Gasteiger partial charge >= 0.3 is 0 Å². The fourth-order valence-corrected chi connectivity index (χ4v) is 3.14. The number of carbonyl (C=O) groups excluding carboxylic acids is 2. The van der Waals surface area contributed by atoms with Gasteiger partial charge in [-0.15, -0.1) is 0 Å². The van der Waals surface area contributed by atoms with Crippen molar-refractivity contribution in [1.29, 1.82) is 0 Å². The Labute approximate surface area is 154 Å². The molecule has 26 heavy (non-hydrogen) atoms. The van der Waals surface area contributed by atoms with Crippen molar-refractivity contribution in [3.05, 3.63) is 47.2 Å². The minimum Gasteiger partial charge on any atom is -0.467 e. The van der Waals surface area contributed by atoms with E-state index < -0.39 is 0 Å². The molecule has 1 atom stereocenters. The van der Waals surface area contributed by atoms with E-state index in [-0.39, 0.29) is 24.3 Å². The van der Waals surface area contributed by atoms with Crippen LogP contribution in [0.25, 0.3) is 0 Å². The summed E-state index contributed by atoms with van der Waals surface area (Å²) in [5.74, 6) is 0.871. The predicted molar refractivity (Wildman–Crippen MR) is 99.3 cm³/mol. The first kappa shape index (κ1) is 18.5. The van der Waals surface area contributed by atoms with Crippen molar-refractivity contribution in [1.82, 2.24) is 14.8 Å². The number of nitrogens with one attached hydrogen (secondary N) is 1. The van der Waals surface area contributed by atoms with E-state index in [4.69, 9.17) is 4.42 Å². The molecule has 2 aromatic rings. The first-order valence-electron chi connectivity index (χ1n) is 9.09. The van der Waals surface area contributed by atoms with Gasteiger partial charge in [-0.05, 0) is 58.9 Å². The third-order valence-electron chi connectivity index (χ3n) is 5.11. The number of rotatable bonds is 8. The molecule has 0 saturated heterocycles. The number of carbonyl (C=O) groups is 2. The summed E-state index contributed by atoms with van der Waals surface area (Å²) in [5, 5.41) is 2.96. The Bertz CT molecular complexity index is 788. The number of Topliss-reactive ketones (excluding diaryl/α,β-unsaturated/α-hetero) is 1. The summed E-state index contributed by atoms with van der Waals surface area (Å²) < 4.78 is 7.51. The summed E-state index contributed by atoms with van der Waals surface area (Å²) in [6.07, 6.45) is 3.77. The number of aryl methyl sites for hydroxylation is 1. The maximum atomic E-state index is 13.0. The van der Waals surface area contributed by atoms with Gasteiger partial charge in [-0.1, -0.05) is 0 Å². The Morgan fingerprint density at radius 1 is 1.38 bits per heavy atom. The minimum absolute atomic E-state index is 0.0158. The molecule has 2 heterocycles. The standard InChI is InChI=1S/C20H27N3O3/c1-13-10-18(14(2)23(13)11-17-6-5-9-26-17)20(25)15(3)22(4)12-19(24)21-16-7-8-16/h5-6,9-10,15-16H,7-8,11-12H2,1-4H3,(H,21,24)/t15-/m1/s1. The van der Waals surface area contributed by atoms with Crippen molar-refractivity contribution >= 4 is 11.7 Å². The molecule has 140 valence electrons. The van der Waals surface area contributed by atoms with Crippen LogP contribution >= 0.6 is 0 Å². The number of furan rings is 1. The first-order chi connectivity index (χ1) is 12.4. The van der Waals surface area contributed by atoms with Crippen LogP contribution in [0.1, 0.15) is 47.3 Å². The molecule has 0 aromatic carbocycles. The zero-order valence-electron chi connectivity index (χ0n) is 15.9. The molecule has 0 bridgehead atoms. The monoisotopic (exact) mass is 357 g/mol. The molecule has 1 aliphatic carbocycles. The van der Waals surface area contributed by atoms with Crippen LogP contribution in [0.3, 0.4) is 0 Å². The number of nitrogens with zero attached hydrogens (tertiary/aromatic N) is 2. The molecule has 0 aliphatic heterocycles. The number of likely N-dealkylation sites (N-methyl/N-ethyl adjacent to an activating group) is 1. The second kappa shape index (κ2) is 7.50. The number of ketones is 1. The van der Waals surface area contributed by atoms with Gasteiger partial charge < -0.3 is 14.3 Å². The molecule has 3 rings (SSSR count). The van der Waals surface area contributed by atoms with Gasteiger partial charge in [0, 0.05) is 23.0 Å². The number of hydrogen-bond acceptors (Lipinski definition) is 4. The van der Waals surface area contributed by atoms with E-state index in [0.717, 1.165) is 30.0 Å². The van der Waals surface area contributed by atoms with Gasteiger partial charge in [0.2, 0.25) is 5.91 Å². The van der Waals surface area contributed by atoms with E-state index >= 15 is 0 Å². The lowest BCUT2D eigenvalue weighted by atomic mass is 10.0. The molecule has 1 fully saturated rings. The molecule has 2 aromatic heterocycles. The van der Waals surface area contributed by atoms with E-state index in [1.54, 1.807) is 11.2 Å². The van der Waals surface area contributed by atoms with Crippen LogP contribution in [0.15, 0.2) is 28.9 Å². The molecule has 1 aliphatic rings. The highest BCUT2D eigenvalue weighted by Crippen LogP contribution is 2.21. The van der Waals surface area contributed by atoms with Crippen LogP contribution in [0.4, 0.5) is 0 Å². The molecular formula is C20H27N3O3. The Morgan fingerprint density at radius 3 is 2.73 bits per heavy atom. The SMILES string of the molecule is Cc1cc(C(=O)[C@@H](C)N(C)CC(=O)NC2CC2)c(C)n1Cc1ccco1. The smallest absolute Gasteiger partial charge is 0.234 e. The van der Waals surface area contributed by atoms with E-state index in [2.05, 4.69) is 9.88 Å². The summed E-state index contributed by atoms with van der Waals surface area (Å²) >= 11 is 0. The van der Waals surface area contributed by atoms with Crippen LogP contribution in [0.2, 0.25) is 0 Å². The van der Waals surface area contributed by atoms with E-state index in [0.29, 0.717) is 18.2 Å². The van der Waals surface area contributed by atoms with Crippen molar-refractivity contribution in [3.8, 4) is 0 Å². The molecular weight excluding hydrogens is 330 g/mol. The lowest BCUT2D eigenvalue weighted by molar-refractivity contribution is -0.122. The highest BCUT2D eigenvalue weighted by atomic mass is 16.3. The fraction of sp³-hybridized carbons (Fsp3) is 0.500. The predicted octanol–water partition coefficient (Wildman–Crippen LogP) is 2.53. The molecule has 6 nitrogen and oxygen atoms in total. The molecule has 0 radical (unpaired) electrons. The van der Waals surface area contributed by atoms with Gasteiger partial charge in [-0.3, -0.25) is 14.5 Å². The molecule has 0 spiro atoms. The van der Waals surface area contributed by atoms with Crippen LogP contribution in [-0.4, -0.2) is 46.8 Å². The molecule has 1 N–H and O–H groups in total. The van der Waals surface area contributed by atoms with Gasteiger partial charge in [0.15, 0.2) is 5.78 Å². The summed E-state index contributed by atoms with van der Waals surface area (Å²) in [4.78, 5) is 26.8. The van der Waals surface area contributed by atoms with Crippen molar-refractivity contribution in [2.75, 3.05) is 13.6 Å². The second-order valence-electron chi connectivity index (χ2n) is 7.25. The minimum atomic E-state index is -0.363. The zero-order chi connectivity index (χ0) is 18.8. The van der Waals surface area contributed by atoms with E-state index in [1.165, 1.54) is 0 Å². The van der Waals surface area contributed by atoms with Gasteiger partial charge in [0.05, 0.1) is 25.4 Å². The van der Waals surface area contributed by atoms with Gasteiger partial charge in [-0.2, -0.15) is 0 Å². The summed E-state index contributed by atoms with van der Waals surface area (Å²) in [6.45, 7) is 6.63. The molecule has 0 unspecified atom stereocenters.